The standard InChI is InChI=1S/C14H14N2O3S/c1-2-10-13(14(18)19)20-12(16-10)8-11(17)15-9-6-4-3-5-7-9/h3-7H,2,8H2,1H3,(H,15,17)(H,18,19). The van der Waals surface area contributed by atoms with Crippen LogP contribution in [0.3, 0.4) is 0 Å². The van der Waals surface area contributed by atoms with Crippen LogP contribution in [0.25, 0.3) is 0 Å². The second-order valence-electron chi connectivity index (χ2n) is 4.13. The molecule has 5 nitrogen and oxygen atoms in total. The number of hydrogen-bond acceptors (Lipinski definition) is 4. The van der Waals surface area contributed by atoms with Crippen LogP contribution in [-0.2, 0) is 17.6 Å². The number of hydrogen-bond donors (Lipinski definition) is 2. The van der Waals surface area contributed by atoms with Gasteiger partial charge < -0.3 is 10.4 Å². The molecule has 0 spiro atoms. The van der Waals surface area contributed by atoms with E-state index in [1.54, 1.807) is 12.1 Å². The van der Waals surface area contributed by atoms with Gasteiger partial charge >= 0.3 is 5.97 Å². The molecule has 1 heterocycles. The first kappa shape index (κ1) is 14.2. The molecule has 0 unspecified atom stereocenters. The van der Waals surface area contributed by atoms with Gasteiger partial charge in [-0.3, -0.25) is 4.79 Å². The van der Waals surface area contributed by atoms with Crippen molar-refractivity contribution in [2.24, 2.45) is 0 Å². The summed E-state index contributed by atoms with van der Waals surface area (Å²) in [5.41, 5.74) is 1.24. The zero-order valence-electron chi connectivity index (χ0n) is 10.9. The van der Waals surface area contributed by atoms with E-state index in [9.17, 15) is 9.59 Å². The van der Waals surface area contributed by atoms with Gasteiger partial charge in [-0.1, -0.05) is 25.1 Å². The Bertz CT molecular complexity index is 623. The van der Waals surface area contributed by atoms with Gasteiger partial charge in [0.1, 0.15) is 9.88 Å². The zero-order chi connectivity index (χ0) is 14.5. The van der Waals surface area contributed by atoms with Crippen LogP contribution < -0.4 is 5.32 Å². The van der Waals surface area contributed by atoms with E-state index >= 15 is 0 Å². The van der Waals surface area contributed by atoms with Crippen molar-refractivity contribution < 1.29 is 14.7 Å². The SMILES string of the molecule is CCc1nc(CC(=O)Nc2ccccc2)sc1C(=O)O. The van der Waals surface area contributed by atoms with E-state index in [0.717, 1.165) is 11.3 Å². The Hall–Kier alpha value is -2.21. The number of aromatic nitrogens is 1. The number of nitrogens with one attached hydrogen (secondary N) is 1. The van der Waals surface area contributed by atoms with Crippen LogP contribution in [0.15, 0.2) is 30.3 Å². The summed E-state index contributed by atoms with van der Waals surface area (Å²) in [6, 6.07) is 9.11. The molecule has 1 aromatic heterocycles. The lowest BCUT2D eigenvalue weighted by Gasteiger charge is -2.02. The van der Waals surface area contributed by atoms with Crippen molar-refractivity contribution in [3.05, 3.63) is 45.9 Å². The van der Waals surface area contributed by atoms with Gasteiger partial charge in [-0.15, -0.1) is 11.3 Å². The Labute approximate surface area is 120 Å². The number of anilines is 1. The summed E-state index contributed by atoms with van der Waals surface area (Å²) >= 11 is 1.06. The summed E-state index contributed by atoms with van der Waals surface area (Å²) in [7, 11) is 0. The lowest BCUT2D eigenvalue weighted by atomic mass is 10.3. The molecule has 1 aromatic carbocycles. The minimum absolute atomic E-state index is 0.0832. The van der Waals surface area contributed by atoms with Crippen LogP contribution >= 0.6 is 11.3 Å². The quantitative estimate of drug-likeness (QED) is 0.887. The summed E-state index contributed by atoms with van der Waals surface area (Å²) in [6.45, 7) is 1.84. The predicted molar refractivity (Wildman–Crippen MR) is 77.2 cm³/mol. The molecule has 0 radical (unpaired) electrons. The molecular formula is C14H14N2O3S. The van der Waals surface area contributed by atoms with Crippen molar-refractivity contribution in [3.8, 4) is 0 Å². The molecule has 2 N–H and O–H groups in total. The van der Waals surface area contributed by atoms with Crippen LogP contribution in [0.1, 0.15) is 27.3 Å². The van der Waals surface area contributed by atoms with E-state index < -0.39 is 5.97 Å². The lowest BCUT2D eigenvalue weighted by Crippen LogP contribution is -2.14. The molecule has 0 bridgehead atoms. The average Bonchev–Trinajstić information content (AvgIpc) is 2.83. The highest BCUT2D eigenvalue weighted by Crippen LogP contribution is 2.20. The van der Waals surface area contributed by atoms with Gasteiger partial charge in [-0.25, -0.2) is 9.78 Å². The van der Waals surface area contributed by atoms with Gasteiger partial charge in [0.15, 0.2) is 0 Å². The molecular weight excluding hydrogens is 276 g/mol. The summed E-state index contributed by atoms with van der Waals surface area (Å²) in [5.74, 6) is -1.20. The Morgan fingerprint density at radius 2 is 2.00 bits per heavy atom. The maximum Gasteiger partial charge on any atom is 0.347 e. The number of aryl methyl sites for hydroxylation is 1. The van der Waals surface area contributed by atoms with Crippen molar-refractivity contribution in [3.63, 3.8) is 0 Å². The van der Waals surface area contributed by atoms with E-state index in [1.165, 1.54) is 0 Å². The number of carboxylic acids is 1. The number of rotatable bonds is 5. The predicted octanol–water partition coefficient (Wildman–Crippen LogP) is 2.58. The molecule has 0 atom stereocenters. The van der Waals surface area contributed by atoms with E-state index in [0.29, 0.717) is 22.8 Å². The topological polar surface area (TPSA) is 79.3 Å². The molecule has 0 aliphatic heterocycles. The largest absolute Gasteiger partial charge is 0.477 e. The van der Waals surface area contributed by atoms with Crippen molar-refractivity contribution in [2.45, 2.75) is 19.8 Å². The van der Waals surface area contributed by atoms with E-state index in [4.69, 9.17) is 5.11 Å². The Morgan fingerprint density at radius 3 is 2.55 bits per heavy atom. The number of carbonyl (C=O) groups is 2. The summed E-state index contributed by atoms with van der Waals surface area (Å²) in [4.78, 5) is 27.3. The van der Waals surface area contributed by atoms with Crippen LogP contribution in [0.4, 0.5) is 5.69 Å². The zero-order valence-corrected chi connectivity index (χ0v) is 11.7. The maximum atomic E-state index is 11.9. The lowest BCUT2D eigenvalue weighted by molar-refractivity contribution is -0.115. The second kappa shape index (κ2) is 6.29. The third-order valence-electron chi connectivity index (χ3n) is 2.64. The van der Waals surface area contributed by atoms with Gasteiger partial charge in [0.05, 0.1) is 12.1 Å². The van der Waals surface area contributed by atoms with Crippen molar-refractivity contribution >= 4 is 28.9 Å². The first-order chi connectivity index (χ1) is 9.60. The van der Waals surface area contributed by atoms with Gasteiger partial charge in [0.25, 0.3) is 0 Å². The highest BCUT2D eigenvalue weighted by Gasteiger charge is 2.17. The molecule has 0 aliphatic rings. The molecule has 20 heavy (non-hydrogen) atoms. The number of amides is 1. The maximum absolute atomic E-state index is 11.9. The van der Waals surface area contributed by atoms with Crippen molar-refractivity contribution in [1.29, 1.82) is 0 Å². The molecule has 2 rings (SSSR count). The Balaban J connectivity index is 2.06. The molecule has 1 amide bonds. The molecule has 0 saturated carbocycles. The fourth-order valence-corrected chi connectivity index (χ4v) is 2.74. The number of thiazole rings is 1. The van der Waals surface area contributed by atoms with Crippen LogP contribution in [0.5, 0.6) is 0 Å². The summed E-state index contributed by atoms with van der Waals surface area (Å²) < 4.78 is 0. The third-order valence-corrected chi connectivity index (χ3v) is 3.73. The highest BCUT2D eigenvalue weighted by atomic mass is 32.1. The van der Waals surface area contributed by atoms with Gasteiger partial charge in [-0.2, -0.15) is 0 Å². The van der Waals surface area contributed by atoms with Gasteiger partial charge in [-0.05, 0) is 18.6 Å². The fraction of sp³-hybridized carbons (Fsp3) is 0.214. The van der Waals surface area contributed by atoms with E-state index in [-0.39, 0.29) is 17.2 Å². The van der Waals surface area contributed by atoms with Crippen molar-refractivity contribution in [2.75, 3.05) is 5.32 Å². The normalized spacial score (nSPS) is 10.2. The van der Waals surface area contributed by atoms with Crippen LogP contribution in [0, 0.1) is 0 Å². The van der Waals surface area contributed by atoms with E-state index in [1.807, 2.05) is 25.1 Å². The number of carbonyl (C=O) groups excluding carboxylic acids is 1. The molecule has 0 aliphatic carbocycles. The van der Waals surface area contributed by atoms with E-state index in [2.05, 4.69) is 10.3 Å². The average molecular weight is 290 g/mol. The number of carboxylic acid groups (broad SMARTS) is 1. The minimum atomic E-state index is -0.992. The van der Waals surface area contributed by atoms with Gasteiger partial charge in [0, 0.05) is 5.69 Å². The second-order valence-corrected chi connectivity index (χ2v) is 5.22. The molecule has 6 heteroatoms. The molecule has 104 valence electrons. The summed E-state index contributed by atoms with van der Waals surface area (Å²) in [5, 5.41) is 12.3. The Kier molecular flexibility index (Phi) is 4.47. The Morgan fingerprint density at radius 1 is 1.30 bits per heavy atom. The number of benzene rings is 1. The third kappa shape index (κ3) is 3.42. The molecule has 0 saturated heterocycles. The first-order valence-corrected chi connectivity index (χ1v) is 6.98. The fourth-order valence-electron chi connectivity index (χ4n) is 1.75. The summed E-state index contributed by atoms with van der Waals surface area (Å²) in [6.07, 6.45) is 0.623. The molecule has 0 fully saturated rings. The minimum Gasteiger partial charge on any atom is -0.477 e. The molecule has 2 aromatic rings. The first-order valence-electron chi connectivity index (χ1n) is 6.17. The number of para-hydroxylation sites is 1. The monoisotopic (exact) mass is 290 g/mol. The van der Waals surface area contributed by atoms with Crippen LogP contribution in [0.2, 0.25) is 0 Å². The smallest absolute Gasteiger partial charge is 0.347 e. The number of nitrogens with zero attached hydrogens (tertiary/aromatic N) is 1. The van der Waals surface area contributed by atoms with Gasteiger partial charge in [0.2, 0.25) is 5.91 Å². The van der Waals surface area contributed by atoms with Crippen molar-refractivity contribution in [1.82, 2.24) is 4.98 Å². The van der Waals surface area contributed by atoms with Crippen LogP contribution in [-0.4, -0.2) is 22.0 Å². The number of aromatic carboxylic acids is 1. The highest BCUT2D eigenvalue weighted by molar-refractivity contribution is 7.13.